The summed E-state index contributed by atoms with van der Waals surface area (Å²) < 4.78 is 0. The third kappa shape index (κ3) is 5.88. The van der Waals surface area contributed by atoms with Crippen LogP contribution in [-0.2, 0) is 9.59 Å². The Morgan fingerprint density at radius 2 is 1.33 bits per heavy atom. The SMILES string of the molecule is O=C(O)[C@H](CS)NCN[C@@H](CS)C(=O)O. The Balaban J connectivity index is 3.85. The number of carboxylic acid groups (broad SMARTS) is 2. The second kappa shape index (κ2) is 7.80. The minimum atomic E-state index is -1.02. The molecule has 0 aliphatic heterocycles. The van der Waals surface area contributed by atoms with Crippen molar-refractivity contribution < 1.29 is 19.8 Å². The molecule has 0 amide bonds. The van der Waals surface area contributed by atoms with Crippen LogP contribution in [0.25, 0.3) is 0 Å². The number of thiol groups is 2. The van der Waals surface area contributed by atoms with Crippen LogP contribution in [0.15, 0.2) is 0 Å². The minimum absolute atomic E-state index is 0.0784. The van der Waals surface area contributed by atoms with Gasteiger partial charge in [-0.25, -0.2) is 0 Å². The fourth-order valence-corrected chi connectivity index (χ4v) is 1.34. The van der Waals surface area contributed by atoms with Gasteiger partial charge in [0.05, 0.1) is 0 Å². The van der Waals surface area contributed by atoms with E-state index in [1.807, 2.05) is 0 Å². The van der Waals surface area contributed by atoms with E-state index in [4.69, 9.17) is 10.2 Å². The van der Waals surface area contributed by atoms with E-state index in [0.29, 0.717) is 0 Å². The van der Waals surface area contributed by atoms with E-state index < -0.39 is 24.0 Å². The average molecular weight is 254 g/mol. The van der Waals surface area contributed by atoms with Crippen LogP contribution in [0.4, 0.5) is 0 Å². The van der Waals surface area contributed by atoms with Gasteiger partial charge in [-0.3, -0.25) is 20.2 Å². The topological polar surface area (TPSA) is 98.7 Å². The molecule has 2 atom stereocenters. The maximum Gasteiger partial charge on any atom is 0.321 e. The first-order chi connectivity index (χ1) is 7.02. The Morgan fingerprint density at radius 3 is 1.53 bits per heavy atom. The van der Waals surface area contributed by atoms with Crippen LogP contribution < -0.4 is 10.6 Å². The van der Waals surface area contributed by atoms with Crippen LogP contribution in [0, 0.1) is 0 Å². The summed E-state index contributed by atoms with van der Waals surface area (Å²) in [4.78, 5) is 21.1. The highest BCUT2D eigenvalue weighted by atomic mass is 32.1. The van der Waals surface area contributed by atoms with E-state index in [9.17, 15) is 9.59 Å². The fraction of sp³-hybridized carbons (Fsp3) is 0.714. The van der Waals surface area contributed by atoms with Crippen molar-refractivity contribution in [3.8, 4) is 0 Å². The summed E-state index contributed by atoms with van der Waals surface area (Å²) in [7, 11) is 0. The molecule has 0 aliphatic carbocycles. The van der Waals surface area contributed by atoms with Gasteiger partial charge in [-0.05, 0) is 0 Å². The largest absolute Gasteiger partial charge is 0.480 e. The van der Waals surface area contributed by atoms with Crippen molar-refractivity contribution >= 4 is 37.2 Å². The van der Waals surface area contributed by atoms with Crippen LogP contribution in [0.5, 0.6) is 0 Å². The molecular formula is C7H14N2O4S2. The number of hydrogen-bond acceptors (Lipinski definition) is 6. The zero-order valence-corrected chi connectivity index (χ0v) is 9.67. The van der Waals surface area contributed by atoms with Crippen molar-refractivity contribution in [1.82, 2.24) is 10.6 Å². The first-order valence-corrected chi connectivity index (χ1v) is 5.43. The molecule has 0 aromatic carbocycles. The lowest BCUT2D eigenvalue weighted by Crippen LogP contribution is -2.48. The predicted octanol–water partition coefficient (Wildman–Crippen LogP) is -1.11. The van der Waals surface area contributed by atoms with Crippen molar-refractivity contribution in [2.75, 3.05) is 18.2 Å². The van der Waals surface area contributed by atoms with E-state index in [0.717, 1.165) is 0 Å². The Bertz CT molecular complexity index is 205. The molecule has 6 nitrogen and oxygen atoms in total. The minimum Gasteiger partial charge on any atom is -0.480 e. The quantitative estimate of drug-likeness (QED) is 0.243. The summed E-state index contributed by atoms with van der Waals surface area (Å²) in [6, 6.07) is -1.59. The molecule has 0 fully saturated rings. The molecule has 0 rings (SSSR count). The standard InChI is InChI=1S/C7H14N2O4S2/c10-6(11)4(1-14)8-3-9-5(2-15)7(12)13/h4-5,8-9,14-15H,1-3H2,(H,10,11)(H,12,13)/t4-,5-/m0/s1. The number of nitrogens with one attached hydrogen (secondary N) is 2. The molecule has 0 unspecified atom stereocenters. The summed E-state index contributed by atoms with van der Waals surface area (Å²) in [6.07, 6.45) is 0. The summed E-state index contributed by atoms with van der Waals surface area (Å²) in [5.41, 5.74) is 0. The first kappa shape index (κ1) is 14.6. The molecule has 88 valence electrons. The van der Waals surface area contributed by atoms with Gasteiger partial charge < -0.3 is 10.2 Å². The molecule has 0 saturated carbocycles. The van der Waals surface area contributed by atoms with E-state index in [1.165, 1.54) is 0 Å². The van der Waals surface area contributed by atoms with Gasteiger partial charge >= 0.3 is 11.9 Å². The zero-order valence-electron chi connectivity index (χ0n) is 7.88. The molecule has 4 N–H and O–H groups in total. The van der Waals surface area contributed by atoms with Gasteiger partial charge in [0.25, 0.3) is 0 Å². The zero-order chi connectivity index (χ0) is 11.8. The van der Waals surface area contributed by atoms with E-state index in [-0.39, 0.29) is 18.2 Å². The molecule has 0 spiro atoms. The highest BCUT2D eigenvalue weighted by molar-refractivity contribution is 7.80. The monoisotopic (exact) mass is 254 g/mol. The summed E-state index contributed by atoms with van der Waals surface area (Å²) in [6.45, 7) is 0.0784. The Kier molecular flexibility index (Phi) is 7.57. The normalized spacial score (nSPS) is 14.5. The van der Waals surface area contributed by atoms with Gasteiger partial charge in [0.15, 0.2) is 0 Å². The van der Waals surface area contributed by atoms with Gasteiger partial charge in [0.1, 0.15) is 12.1 Å². The van der Waals surface area contributed by atoms with Crippen LogP contribution in [0.2, 0.25) is 0 Å². The van der Waals surface area contributed by atoms with Gasteiger partial charge in [0, 0.05) is 18.2 Å². The number of carboxylic acids is 2. The highest BCUT2D eigenvalue weighted by Crippen LogP contribution is 1.89. The van der Waals surface area contributed by atoms with Gasteiger partial charge in [0.2, 0.25) is 0 Å². The Hall–Kier alpha value is -0.440. The molecule has 0 bridgehead atoms. The molecule has 0 heterocycles. The number of aliphatic carboxylic acids is 2. The second-order valence-corrected chi connectivity index (χ2v) is 3.46. The summed E-state index contributed by atoms with van der Waals surface area (Å²) >= 11 is 7.68. The number of hydrogen-bond donors (Lipinski definition) is 6. The lowest BCUT2D eigenvalue weighted by atomic mass is 10.3. The third-order valence-electron chi connectivity index (χ3n) is 1.66. The highest BCUT2D eigenvalue weighted by Gasteiger charge is 2.17. The molecule has 0 radical (unpaired) electrons. The maximum atomic E-state index is 10.5. The lowest BCUT2D eigenvalue weighted by Gasteiger charge is -2.15. The third-order valence-corrected chi connectivity index (χ3v) is 2.39. The molecule has 0 aromatic rings. The summed E-state index contributed by atoms with van der Waals surface area (Å²) in [5.74, 6) is -1.78. The van der Waals surface area contributed by atoms with Crippen molar-refractivity contribution in [3.05, 3.63) is 0 Å². The summed E-state index contributed by atoms with van der Waals surface area (Å²) in [5, 5.41) is 22.5. The Morgan fingerprint density at radius 1 is 1.00 bits per heavy atom. The average Bonchev–Trinajstić information content (AvgIpc) is 2.17. The van der Waals surface area contributed by atoms with E-state index in [2.05, 4.69) is 35.9 Å². The molecule has 0 aliphatic rings. The lowest BCUT2D eigenvalue weighted by molar-refractivity contribution is -0.139. The smallest absolute Gasteiger partial charge is 0.321 e. The maximum absolute atomic E-state index is 10.5. The first-order valence-electron chi connectivity index (χ1n) is 4.17. The van der Waals surface area contributed by atoms with Crippen molar-refractivity contribution in [1.29, 1.82) is 0 Å². The van der Waals surface area contributed by atoms with Crippen molar-refractivity contribution in [2.45, 2.75) is 12.1 Å². The second-order valence-electron chi connectivity index (χ2n) is 2.73. The van der Waals surface area contributed by atoms with Crippen LogP contribution >= 0.6 is 25.3 Å². The van der Waals surface area contributed by atoms with Crippen LogP contribution in [0.1, 0.15) is 0 Å². The van der Waals surface area contributed by atoms with Crippen molar-refractivity contribution in [3.63, 3.8) is 0 Å². The van der Waals surface area contributed by atoms with E-state index in [1.54, 1.807) is 0 Å². The van der Waals surface area contributed by atoms with Crippen molar-refractivity contribution in [2.24, 2.45) is 0 Å². The molecule has 8 heteroatoms. The van der Waals surface area contributed by atoms with Gasteiger partial charge in [-0.1, -0.05) is 0 Å². The van der Waals surface area contributed by atoms with Crippen LogP contribution in [-0.4, -0.2) is 52.4 Å². The van der Waals surface area contributed by atoms with Gasteiger partial charge in [-0.15, -0.1) is 0 Å². The molecular weight excluding hydrogens is 240 g/mol. The predicted molar refractivity (Wildman–Crippen MR) is 61.7 cm³/mol. The molecule has 0 saturated heterocycles. The molecule has 0 aromatic heterocycles. The molecule has 15 heavy (non-hydrogen) atoms. The van der Waals surface area contributed by atoms with E-state index >= 15 is 0 Å². The van der Waals surface area contributed by atoms with Crippen LogP contribution in [0.3, 0.4) is 0 Å². The fourth-order valence-electron chi connectivity index (χ4n) is 0.765. The number of carbonyl (C=O) groups is 2. The number of rotatable bonds is 8. The Labute approximate surface area is 98.3 Å². The van der Waals surface area contributed by atoms with Gasteiger partial charge in [-0.2, -0.15) is 25.3 Å².